The Morgan fingerprint density at radius 1 is 1.00 bits per heavy atom. The summed E-state index contributed by atoms with van der Waals surface area (Å²) in [6, 6.07) is 21.4. The molecule has 4 aromatic rings. The zero-order chi connectivity index (χ0) is 30.5. The van der Waals surface area contributed by atoms with Crippen molar-refractivity contribution in [3.63, 3.8) is 0 Å². The van der Waals surface area contributed by atoms with E-state index in [-0.39, 0.29) is 18.6 Å². The Morgan fingerprint density at radius 2 is 1.68 bits per heavy atom. The Labute approximate surface area is 266 Å². The summed E-state index contributed by atoms with van der Waals surface area (Å²) in [4.78, 5) is 20.4. The third-order valence-corrected chi connectivity index (χ3v) is 8.34. The molecule has 0 spiro atoms. The van der Waals surface area contributed by atoms with Crippen molar-refractivity contribution in [1.29, 1.82) is 0 Å². The van der Waals surface area contributed by atoms with E-state index in [1.807, 2.05) is 37.3 Å². The number of hydrogen-bond donors (Lipinski definition) is 1. The maximum absolute atomic E-state index is 11.6. The number of carbonyl (C=O) groups is 1. The summed E-state index contributed by atoms with van der Waals surface area (Å²) in [5.41, 5.74) is 3.80. The summed E-state index contributed by atoms with van der Waals surface area (Å²) in [6.07, 6.45) is 3.21. The Balaban J connectivity index is 1.02. The molecule has 2 saturated heterocycles. The number of nitrogens with zero attached hydrogens (tertiary/aromatic N) is 5. The van der Waals surface area contributed by atoms with E-state index in [1.54, 1.807) is 23.1 Å². The number of ether oxygens (including phenoxy) is 3. The number of nitrogens with one attached hydrogen (secondary N) is 1. The maximum Gasteiger partial charge on any atom is 0.224 e. The number of anilines is 3. The second-order valence-electron chi connectivity index (χ2n) is 10.7. The lowest BCUT2D eigenvalue weighted by Gasteiger charge is -2.37. The molecule has 0 aliphatic carbocycles. The Hall–Kier alpha value is -3.83. The van der Waals surface area contributed by atoms with E-state index in [4.69, 9.17) is 37.4 Å². The minimum atomic E-state index is -1.15. The molecule has 230 valence electrons. The Bertz CT molecular complexity index is 1550. The molecule has 2 atom stereocenters. The average Bonchev–Trinajstić information content (AvgIpc) is 3.71. The summed E-state index contributed by atoms with van der Waals surface area (Å²) in [5.74, 6) is -0.378. The number of aromatic nitrogens is 3. The van der Waals surface area contributed by atoms with Gasteiger partial charge in [0.05, 0.1) is 11.6 Å². The van der Waals surface area contributed by atoms with Gasteiger partial charge in [0.25, 0.3) is 0 Å². The lowest BCUT2D eigenvalue weighted by molar-refractivity contribution is -0.190. The first-order valence-corrected chi connectivity index (χ1v) is 15.4. The Morgan fingerprint density at radius 3 is 2.30 bits per heavy atom. The predicted octanol–water partition coefficient (Wildman–Crippen LogP) is 5.61. The van der Waals surface area contributed by atoms with Gasteiger partial charge in [-0.2, -0.15) is 5.10 Å². The fourth-order valence-electron chi connectivity index (χ4n) is 5.45. The maximum atomic E-state index is 11.6. The van der Waals surface area contributed by atoms with Crippen LogP contribution in [0.1, 0.15) is 18.9 Å². The van der Waals surface area contributed by atoms with Crippen molar-refractivity contribution >= 4 is 46.2 Å². The normalized spacial score (nSPS) is 20.1. The van der Waals surface area contributed by atoms with Gasteiger partial charge in [-0.05, 0) is 60.7 Å². The molecule has 0 unspecified atom stereocenters. The smallest absolute Gasteiger partial charge is 0.224 e. The predicted molar refractivity (Wildman–Crippen MR) is 171 cm³/mol. The highest BCUT2D eigenvalue weighted by atomic mass is 35.5. The number of piperazine rings is 1. The number of benzene rings is 3. The van der Waals surface area contributed by atoms with Gasteiger partial charge in [-0.15, -0.1) is 0 Å². The molecule has 0 radical (unpaired) electrons. The average molecular weight is 638 g/mol. The molecule has 1 N–H and O–H groups in total. The van der Waals surface area contributed by atoms with Gasteiger partial charge in [-0.25, -0.2) is 9.67 Å². The zero-order valence-electron chi connectivity index (χ0n) is 24.4. The summed E-state index contributed by atoms with van der Waals surface area (Å²) >= 11 is 12.7. The number of amides is 1. The summed E-state index contributed by atoms with van der Waals surface area (Å²) < 4.78 is 20.5. The van der Waals surface area contributed by atoms with Crippen LogP contribution in [0.25, 0.3) is 0 Å². The number of hydrogen-bond acceptors (Lipinski definition) is 8. The van der Waals surface area contributed by atoms with Crippen molar-refractivity contribution in [2.75, 3.05) is 54.5 Å². The third-order valence-electron chi connectivity index (χ3n) is 7.79. The fourth-order valence-corrected chi connectivity index (χ4v) is 6.00. The second-order valence-corrected chi connectivity index (χ2v) is 11.6. The topological polar surface area (TPSA) is 94.0 Å². The van der Waals surface area contributed by atoms with Gasteiger partial charge >= 0.3 is 0 Å². The van der Waals surface area contributed by atoms with Crippen LogP contribution in [0.15, 0.2) is 79.4 Å². The first-order valence-electron chi connectivity index (χ1n) is 14.6. The van der Waals surface area contributed by atoms with Crippen LogP contribution >= 0.6 is 23.2 Å². The lowest BCUT2D eigenvalue weighted by Crippen LogP contribution is -2.46. The summed E-state index contributed by atoms with van der Waals surface area (Å²) in [7, 11) is 0. The monoisotopic (exact) mass is 636 g/mol. The van der Waals surface area contributed by atoms with Crippen molar-refractivity contribution in [2.24, 2.45) is 0 Å². The minimum Gasteiger partial charge on any atom is -0.491 e. The van der Waals surface area contributed by atoms with Crippen LogP contribution in [-0.2, 0) is 26.6 Å². The van der Waals surface area contributed by atoms with Crippen molar-refractivity contribution in [1.82, 2.24) is 14.8 Å². The highest BCUT2D eigenvalue weighted by Crippen LogP contribution is 2.40. The van der Waals surface area contributed by atoms with E-state index in [2.05, 4.69) is 49.5 Å². The number of rotatable bonds is 10. The molecule has 2 aliphatic rings. The molecule has 12 heteroatoms. The molecule has 3 heterocycles. The van der Waals surface area contributed by atoms with Gasteiger partial charge in [-0.3, -0.25) is 4.79 Å². The summed E-state index contributed by atoms with van der Waals surface area (Å²) in [5, 5.41) is 8.10. The number of carbonyl (C=O) groups excluding carboxylic acids is 1. The lowest BCUT2D eigenvalue weighted by atomic mass is 10.1. The van der Waals surface area contributed by atoms with Crippen LogP contribution < -0.4 is 19.9 Å². The van der Waals surface area contributed by atoms with E-state index in [1.165, 1.54) is 6.33 Å². The second kappa shape index (κ2) is 13.4. The molecule has 2 aliphatic heterocycles. The Kier molecular flexibility index (Phi) is 9.22. The van der Waals surface area contributed by atoms with Crippen molar-refractivity contribution < 1.29 is 19.0 Å². The van der Waals surface area contributed by atoms with Crippen LogP contribution in [-0.4, -0.2) is 66.2 Å². The molecule has 3 aromatic carbocycles. The minimum absolute atomic E-state index is 0.0181. The van der Waals surface area contributed by atoms with Crippen molar-refractivity contribution in [3.05, 3.63) is 95.0 Å². The molecule has 6 rings (SSSR count). The van der Waals surface area contributed by atoms with Crippen LogP contribution in [0, 0.1) is 0 Å². The van der Waals surface area contributed by atoms with Crippen molar-refractivity contribution in [2.45, 2.75) is 31.8 Å². The first kappa shape index (κ1) is 30.2. The van der Waals surface area contributed by atoms with Gasteiger partial charge in [-0.1, -0.05) is 36.2 Å². The molecule has 1 aromatic heterocycles. The SMILES string of the molecule is CCC(=O)Nc1ccc(N2CCN(c3ccc(OC[C@@H]4CO[C@@](Cn5cncn5)(c5ccc(Cl)cc5Cl)O4)cc3)CC2)cc1. The van der Waals surface area contributed by atoms with E-state index in [0.717, 1.165) is 49.0 Å². The largest absolute Gasteiger partial charge is 0.491 e. The fraction of sp³-hybridized carbons (Fsp3) is 0.344. The van der Waals surface area contributed by atoms with E-state index >= 15 is 0 Å². The molecule has 10 nitrogen and oxygen atoms in total. The highest BCUT2D eigenvalue weighted by Gasteiger charge is 2.45. The molecule has 0 bridgehead atoms. The molecular weight excluding hydrogens is 603 g/mol. The van der Waals surface area contributed by atoms with Gasteiger partial charge in [0, 0.05) is 60.2 Å². The van der Waals surface area contributed by atoms with Gasteiger partial charge in [0.2, 0.25) is 11.7 Å². The molecule has 1 amide bonds. The molecule has 2 fully saturated rings. The quantitative estimate of drug-likeness (QED) is 0.240. The number of halogens is 2. The van der Waals surface area contributed by atoms with E-state index in [9.17, 15) is 4.79 Å². The van der Waals surface area contributed by atoms with Crippen LogP contribution in [0.5, 0.6) is 5.75 Å². The molecule has 44 heavy (non-hydrogen) atoms. The van der Waals surface area contributed by atoms with Crippen molar-refractivity contribution in [3.8, 4) is 5.75 Å². The van der Waals surface area contributed by atoms with Gasteiger partial charge in [0.15, 0.2) is 0 Å². The van der Waals surface area contributed by atoms with Gasteiger partial charge in [0.1, 0.15) is 37.7 Å². The van der Waals surface area contributed by atoms with E-state index in [0.29, 0.717) is 35.2 Å². The highest BCUT2D eigenvalue weighted by molar-refractivity contribution is 6.35. The van der Waals surface area contributed by atoms with Crippen LogP contribution in [0.2, 0.25) is 10.0 Å². The standard InChI is InChI=1S/C32H34Cl2N6O4/c1-2-31(41)37-24-4-6-25(7-5-24)38-13-15-39(16-14-38)26-8-10-27(11-9-26)42-18-28-19-43-32(44-28,20-40-22-35-21-36-40)29-12-3-23(33)17-30(29)34/h3-12,17,21-22,28H,2,13-16,18-20H2,1H3,(H,37,41)/t28-,32-/m1/s1. The summed E-state index contributed by atoms with van der Waals surface area (Å²) in [6.45, 7) is 6.38. The van der Waals surface area contributed by atoms with Gasteiger partial charge < -0.3 is 29.3 Å². The third kappa shape index (κ3) is 6.94. The molecular formula is C32H34Cl2N6O4. The first-order chi connectivity index (χ1) is 21.4. The van der Waals surface area contributed by atoms with E-state index < -0.39 is 5.79 Å². The van der Waals surface area contributed by atoms with Crippen LogP contribution in [0.4, 0.5) is 17.1 Å². The van der Waals surface area contributed by atoms with Crippen LogP contribution in [0.3, 0.4) is 0 Å². The molecule has 0 saturated carbocycles. The zero-order valence-corrected chi connectivity index (χ0v) is 25.9.